The van der Waals surface area contributed by atoms with Crippen molar-refractivity contribution in [3.8, 4) is 6.07 Å². The summed E-state index contributed by atoms with van der Waals surface area (Å²) in [7, 11) is -0.611. The quantitative estimate of drug-likeness (QED) is 0.723. The van der Waals surface area contributed by atoms with Crippen LogP contribution in [0, 0.1) is 11.3 Å². The first-order valence-corrected chi connectivity index (χ1v) is 8.87. The molecule has 0 atom stereocenters. The zero-order chi connectivity index (χ0) is 18.2. The summed E-state index contributed by atoms with van der Waals surface area (Å²) in [6.45, 7) is 0. The molecule has 0 bridgehead atoms. The molecule has 3 rings (SSSR count). The third-order valence-corrected chi connectivity index (χ3v) is 5.91. The maximum atomic E-state index is 12.8. The van der Waals surface area contributed by atoms with Gasteiger partial charge < -0.3 is 4.57 Å². The number of pyridine rings is 1. The minimum atomic E-state index is -3.75. The van der Waals surface area contributed by atoms with Crippen molar-refractivity contribution in [3.05, 3.63) is 70.5 Å². The van der Waals surface area contributed by atoms with Crippen molar-refractivity contribution in [1.29, 1.82) is 5.26 Å². The first kappa shape index (κ1) is 16.7. The molecule has 0 amide bonds. The Bertz CT molecular complexity index is 1160. The van der Waals surface area contributed by atoms with Crippen molar-refractivity contribution in [1.82, 2.24) is 4.57 Å². The van der Waals surface area contributed by atoms with Gasteiger partial charge in [-0.2, -0.15) is 5.26 Å². The summed E-state index contributed by atoms with van der Waals surface area (Å²) in [6, 6.07) is 15.9. The lowest BCUT2D eigenvalue weighted by Crippen LogP contribution is -2.26. The summed E-state index contributed by atoms with van der Waals surface area (Å²) in [4.78, 5) is 11.8. The van der Waals surface area contributed by atoms with Crippen LogP contribution in [0.1, 0.15) is 5.56 Å². The number of nitriles is 1. The van der Waals surface area contributed by atoms with E-state index in [1.807, 2.05) is 6.07 Å². The van der Waals surface area contributed by atoms with Crippen LogP contribution in [-0.2, 0) is 17.1 Å². The number of fused-ring (bicyclic) bond motifs is 1. The van der Waals surface area contributed by atoms with Crippen molar-refractivity contribution >= 4 is 26.6 Å². The number of aromatic nitrogens is 1. The normalized spacial score (nSPS) is 11.2. The highest BCUT2D eigenvalue weighted by Crippen LogP contribution is 2.25. The molecule has 0 radical (unpaired) electrons. The highest BCUT2D eigenvalue weighted by Gasteiger charge is 2.21. The van der Waals surface area contributed by atoms with E-state index in [0.717, 1.165) is 10.9 Å². The molecule has 1 aromatic heterocycles. The predicted octanol–water partition coefficient (Wildman–Crippen LogP) is 2.24. The molecule has 126 valence electrons. The van der Waals surface area contributed by atoms with Gasteiger partial charge in [-0.1, -0.05) is 0 Å². The van der Waals surface area contributed by atoms with Crippen LogP contribution in [0.25, 0.3) is 10.9 Å². The molecule has 0 N–H and O–H groups in total. The Hall–Kier alpha value is -3.11. The Balaban J connectivity index is 2.06. The molecular formula is C18H15N3O3S. The lowest BCUT2D eigenvalue weighted by molar-refractivity contribution is 0.594. The number of hydrogen-bond donors (Lipinski definition) is 0. The maximum Gasteiger partial charge on any atom is 0.264 e. The number of rotatable bonds is 3. The van der Waals surface area contributed by atoms with Gasteiger partial charge in [-0.15, -0.1) is 0 Å². The van der Waals surface area contributed by atoms with Gasteiger partial charge in [-0.3, -0.25) is 9.10 Å². The fourth-order valence-corrected chi connectivity index (χ4v) is 3.75. The Labute approximate surface area is 145 Å². The van der Waals surface area contributed by atoms with Crippen LogP contribution in [0.2, 0.25) is 0 Å². The molecule has 2 aromatic carbocycles. The van der Waals surface area contributed by atoms with E-state index in [0.29, 0.717) is 11.3 Å². The summed E-state index contributed by atoms with van der Waals surface area (Å²) in [5.41, 5.74) is 1.47. The third kappa shape index (κ3) is 2.88. The molecule has 0 saturated heterocycles. The van der Waals surface area contributed by atoms with Gasteiger partial charge in [0.15, 0.2) is 0 Å². The molecule has 0 aliphatic heterocycles. The topological polar surface area (TPSA) is 83.2 Å². The molecule has 1 heterocycles. The molecule has 0 aliphatic carbocycles. The number of nitrogens with zero attached hydrogens (tertiary/aromatic N) is 3. The molecule has 0 saturated carbocycles. The molecule has 0 spiro atoms. The molecule has 3 aromatic rings. The van der Waals surface area contributed by atoms with E-state index in [2.05, 4.69) is 0 Å². The van der Waals surface area contributed by atoms with E-state index in [1.165, 1.54) is 46.3 Å². The Morgan fingerprint density at radius 1 is 1.04 bits per heavy atom. The highest BCUT2D eigenvalue weighted by atomic mass is 32.2. The first-order chi connectivity index (χ1) is 11.8. The summed E-state index contributed by atoms with van der Waals surface area (Å²) in [6.07, 6.45) is 0. The number of sulfonamides is 1. The zero-order valence-electron chi connectivity index (χ0n) is 13.7. The smallest absolute Gasteiger partial charge is 0.264 e. The highest BCUT2D eigenvalue weighted by molar-refractivity contribution is 7.92. The number of anilines is 1. The zero-order valence-corrected chi connectivity index (χ0v) is 14.5. The van der Waals surface area contributed by atoms with Gasteiger partial charge in [0, 0.05) is 25.5 Å². The second-order valence-corrected chi connectivity index (χ2v) is 7.55. The van der Waals surface area contributed by atoms with E-state index in [9.17, 15) is 13.2 Å². The molecular weight excluding hydrogens is 338 g/mol. The lowest BCUT2D eigenvalue weighted by Gasteiger charge is -2.20. The van der Waals surface area contributed by atoms with Crippen molar-refractivity contribution < 1.29 is 8.42 Å². The van der Waals surface area contributed by atoms with E-state index in [4.69, 9.17) is 5.26 Å². The number of benzene rings is 2. The second-order valence-electron chi connectivity index (χ2n) is 5.58. The van der Waals surface area contributed by atoms with Crippen LogP contribution in [0.3, 0.4) is 0 Å². The van der Waals surface area contributed by atoms with Crippen molar-refractivity contribution in [2.75, 3.05) is 11.4 Å². The van der Waals surface area contributed by atoms with E-state index in [1.54, 1.807) is 31.3 Å². The van der Waals surface area contributed by atoms with Crippen molar-refractivity contribution in [3.63, 3.8) is 0 Å². The van der Waals surface area contributed by atoms with E-state index >= 15 is 0 Å². The molecule has 6 nitrogen and oxygen atoms in total. The molecule has 0 unspecified atom stereocenters. The Morgan fingerprint density at radius 3 is 2.36 bits per heavy atom. The summed E-state index contributed by atoms with van der Waals surface area (Å²) in [5.74, 6) is 0. The van der Waals surface area contributed by atoms with Gasteiger partial charge >= 0.3 is 0 Å². The van der Waals surface area contributed by atoms with Crippen molar-refractivity contribution in [2.45, 2.75) is 4.90 Å². The Morgan fingerprint density at radius 2 is 1.72 bits per heavy atom. The van der Waals surface area contributed by atoms with Gasteiger partial charge in [-0.25, -0.2) is 8.42 Å². The van der Waals surface area contributed by atoms with Gasteiger partial charge in [0.1, 0.15) is 0 Å². The fourth-order valence-electron chi connectivity index (χ4n) is 2.57. The van der Waals surface area contributed by atoms with Crippen LogP contribution in [0.5, 0.6) is 0 Å². The maximum absolute atomic E-state index is 12.8. The Kier molecular flexibility index (Phi) is 4.07. The van der Waals surface area contributed by atoms with Gasteiger partial charge in [-0.05, 0) is 48.5 Å². The molecule has 7 heteroatoms. The van der Waals surface area contributed by atoms with E-state index < -0.39 is 10.0 Å². The number of aryl methyl sites for hydroxylation is 1. The summed E-state index contributed by atoms with van der Waals surface area (Å²) >= 11 is 0. The summed E-state index contributed by atoms with van der Waals surface area (Å²) < 4.78 is 28.2. The minimum absolute atomic E-state index is 0.106. The van der Waals surface area contributed by atoms with Crippen LogP contribution in [-0.4, -0.2) is 20.0 Å². The van der Waals surface area contributed by atoms with Crippen LogP contribution >= 0.6 is 0 Å². The van der Waals surface area contributed by atoms with Gasteiger partial charge in [0.05, 0.1) is 27.7 Å². The standard InChI is InChI=1S/C18H15N3O3S/c1-20-17-9-6-15(11-14(17)5-10-18(20)22)21(2)25(23,24)16-7-3-13(12-19)4-8-16/h3-11H,1-2H3. The molecule has 0 fully saturated rings. The number of hydrogen-bond acceptors (Lipinski definition) is 4. The molecule has 0 aliphatic rings. The monoisotopic (exact) mass is 353 g/mol. The fraction of sp³-hybridized carbons (Fsp3) is 0.111. The average molecular weight is 353 g/mol. The second kappa shape index (κ2) is 6.07. The lowest BCUT2D eigenvalue weighted by atomic mass is 10.2. The molecule has 25 heavy (non-hydrogen) atoms. The average Bonchev–Trinajstić information content (AvgIpc) is 2.64. The van der Waals surface area contributed by atoms with Gasteiger partial charge in [0.25, 0.3) is 15.6 Å². The first-order valence-electron chi connectivity index (χ1n) is 7.43. The SMILES string of the molecule is CN(c1ccc2c(ccc(=O)n2C)c1)S(=O)(=O)c1ccc(C#N)cc1. The minimum Gasteiger partial charge on any atom is -0.311 e. The van der Waals surface area contributed by atoms with Crippen LogP contribution in [0.4, 0.5) is 5.69 Å². The van der Waals surface area contributed by atoms with Gasteiger partial charge in [0.2, 0.25) is 0 Å². The predicted molar refractivity (Wildman–Crippen MR) is 95.9 cm³/mol. The van der Waals surface area contributed by atoms with Crippen molar-refractivity contribution in [2.24, 2.45) is 7.05 Å². The van der Waals surface area contributed by atoms with E-state index in [-0.39, 0.29) is 10.5 Å². The third-order valence-electron chi connectivity index (χ3n) is 4.11. The van der Waals surface area contributed by atoms with Crippen LogP contribution < -0.4 is 9.86 Å². The van der Waals surface area contributed by atoms with Crippen LogP contribution in [0.15, 0.2) is 64.3 Å². The summed E-state index contributed by atoms with van der Waals surface area (Å²) in [5, 5.41) is 9.59. The largest absolute Gasteiger partial charge is 0.311 e.